The van der Waals surface area contributed by atoms with Gasteiger partial charge in [0.1, 0.15) is 0 Å². The van der Waals surface area contributed by atoms with E-state index in [1.54, 1.807) is 0 Å². The summed E-state index contributed by atoms with van der Waals surface area (Å²) >= 11 is 3.70. The largest absolute Gasteiger partial charge is 0.345 e. The second-order valence-electron chi connectivity index (χ2n) is 4.61. The molecule has 3 heteroatoms. The van der Waals surface area contributed by atoms with E-state index in [0.29, 0.717) is 0 Å². The molecule has 0 heterocycles. The molecule has 16 heavy (non-hydrogen) atoms. The highest BCUT2D eigenvalue weighted by molar-refractivity contribution is 7.96. The van der Waals surface area contributed by atoms with Crippen molar-refractivity contribution in [3.63, 3.8) is 0 Å². The fraction of sp³-hybridized carbons (Fsp3) is 0.923. The highest BCUT2D eigenvalue weighted by Crippen LogP contribution is 2.10. The normalized spacial score (nSPS) is 12.4. The Balaban J connectivity index is 3.11. The third-order valence-electron chi connectivity index (χ3n) is 2.86. The maximum absolute atomic E-state index is 10.6. The fourth-order valence-electron chi connectivity index (χ4n) is 1.87. The molecule has 0 spiro atoms. The summed E-state index contributed by atoms with van der Waals surface area (Å²) in [6.07, 6.45) is 11.8. The van der Waals surface area contributed by atoms with Crippen molar-refractivity contribution in [2.45, 2.75) is 77.7 Å². The monoisotopic (exact) mass is 245 g/mol. The van der Waals surface area contributed by atoms with E-state index >= 15 is 0 Å². The predicted molar refractivity (Wildman–Crippen MR) is 74.2 cm³/mol. The molecule has 0 aliphatic rings. The third kappa shape index (κ3) is 11.9. The van der Waals surface area contributed by atoms with Crippen LogP contribution in [0.25, 0.3) is 0 Å². The number of hydrogen-bond donors (Lipinski definition) is 2. The molecule has 0 rings (SSSR count). The van der Waals surface area contributed by atoms with E-state index in [0.717, 1.165) is 6.42 Å². The van der Waals surface area contributed by atoms with Gasteiger partial charge in [0.15, 0.2) is 0 Å². The lowest BCUT2D eigenvalue weighted by Gasteiger charge is -2.11. The van der Waals surface area contributed by atoms with E-state index in [1.165, 1.54) is 51.4 Å². The van der Waals surface area contributed by atoms with E-state index < -0.39 is 0 Å². The van der Waals surface area contributed by atoms with Crippen LogP contribution in [0.3, 0.4) is 0 Å². The molecule has 1 atom stereocenters. The Kier molecular flexibility index (Phi) is 11.2. The van der Waals surface area contributed by atoms with Gasteiger partial charge in [-0.15, -0.1) is 0 Å². The number of rotatable bonds is 10. The molecule has 96 valence electrons. The molecule has 0 aliphatic carbocycles. The highest BCUT2D eigenvalue weighted by Gasteiger charge is 2.02. The second-order valence-corrected chi connectivity index (χ2v) is 5.02. The lowest BCUT2D eigenvalue weighted by atomic mass is 10.1. The molecule has 1 amide bonds. The summed E-state index contributed by atoms with van der Waals surface area (Å²) in [5.74, 6) is 0. The molecule has 0 aromatic carbocycles. The van der Waals surface area contributed by atoms with Crippen molar-refractivity contribution in [3.05, 3.63) is 0 Å². The number of nitrogens with one attached hydrogen (secondary N) is 1. The number of thiol groups is 1. The lowest BCUT2D eigenvalue weighted by Crippen LogP contribution is -2.27. The third-order valence-corrected chi connectivity index (χ3v) is 2.99. The Morgan fingerprint density at radius 3 is 2.06 bits per heavy atom. The first-order chi connectivity index (χ1) is 7.66. The van der Waals surface area contributed by atoms with Crippen molar-refractivity contribution in [2.24, 2.45) is 0 Å². The average molecular weight is 245 g/mol. The summed E-state index contributed by atoms with van der Waals surface area (Å²) < 4.78 is 0. The van der Waals surface area contributed by atoms with Crippen LogP contribution >= 0.6 is 12.6 Å². The van der Waals surface area contributed by atoms with E-state index in [4.69, 9.17) is 0 Å². The molecule has 0 radical (unpaired) electrons. The van der Waals surface area contributed by atoms with Crippen LogP contribution in [-0.4, -0.2) is 11.3 Å². The van der Waals surface area contributed by atoms with Crippen LogP contribution in [-0.2, 0) is 0 Å². The van der Waals surface area contributed by atoms with Crippen LogP contribution in [0.1, 0.15) is 71.6 Å². The van der Waals surface area contributed by atoms with Crippen molar-refractivity contribution in [3.8, 4) is 0 Å². The predicted octanol–water partition coefficient (Wildman–Crippen LogP) is 4.55. The zero-order chi connectivity index (χ0) is 12.2. The lowest BCUT2D eigenvalue weighted by molar-refractivity contribution is 0.257. The van der Waals surface area contributed by atoms with E-state index in [-0.39, 0.29) is 11.3 Å². The van der Waals surface area contributed by atoms with Crippen molar-refractivity contribution in [1.29, 1.82) is 0 Å². The number of carbonyl (C=O) groups excluding carboxylic acids is 1. The summed E-state index contributed by atoms with van der Waals surface area (Å²) in [5.41, 5.74) is 0. The Hall–Kier alpha value is -0.180. The minimum atomic E-state index is -0.216. The first kappa shape index (κ1) is 15.8. The molecular formula is C13H27NOS. The summed E-state index contributed by atoms with van der Waals surface area (Å²) in [4.78, 5) is 10.6. The van der Waals surface area contributed by atoms with Crippen molar-refractivity contribution < 1.29 is 4.79 Å². The van der Waals surface area contributed by atoms with Crippen LogP contribution in [0, 0.1) is 0 Å². The quantitative estimate of drug-likeness (QED) is 0.429. The maximum Gasteiger partial charge on any atom is 0.276 e. The zero-order valence-corrected chi connectivity index (χ0v) is 11.7. The van der Waals surface area contributed by atoms with Gasteiger partial charge in [0.05, 0.1) is 0 Å². The summed E-state index contributed by atoms with van der Waals surface area (Å²) in [6.45, 7) is 4.28. The van der Waals surface area contributed by atoms with E-state index in [2.05, 4.69) is 24.9 Å². The number of carbonyl (C=O) groups is 1. The fourth-order valence-corrected chi connectivity index (χ4v) is 2.09. The van der Waals surface area contributed by atoms with Gasteiger partial charge in [-0.2, -0.15) is 0 Å². The van der Waals surface area contributed by atoms with Crippen LogP contribution in [0.5, 0.6) is 0 Å². The molecule has 0 fully saturated rings. The standard InChI is InChI=1S/C13H27NOS/c1-3-4-5-6-7-8-9-10-11-12(2)14-13(15)16/h12H,3-11H2,1-2H3,(H2,14,15,16). The van der Waals surface area contributed by atoms with Gasteiger partial charge in [-0.05, 0) is 13.3 Å². The minimum absolute atomic E-state index is 0.216. The van der Waals surface area contributed by atoms with Gasteiger partial charge >= 0.3 is 0 Å². The molecule has 0 aromatic rings. The van der Waals surface area contributed by atoms with Crippen molar-refractivity contribution in [1.82, 2.24) is 5.32 Å². The van der Waals surface area contributed by atoms with Gasteiger partial charge < -0.3 is 5.32 Å². The van der Waals surface area contributed by atoms with Gasteiger partial charge in [-0.25, -0.2) is 0 Å². The van der Waals surface area contributed by atoms with Gasteiger partial charge in [0.25, 0.3) is 5.24 Å². The molecule has 2 nitrogen and oxygen atoms in total. The van der Waals surface area contributed by atoms with Crippen molar-refractivity contribution >= 4 is 17.9 Å². The molecule has 1 N–H and O–H groups in total. The molecule has 0 aromatic heterocycles. The second kappa shape index (κ2) is 11.3. The molecule has 0 aliphatic heterocycles. The molecule has 0 saturated carbocycles. The smallest absolute Gasteiger partial charge is 0.276 e. The van der Waals surface area contributed by atoms with Crippen molar-refractivity contribution in [2.75, 3.05) is 0 Å². The Morgan fingerprint density at radius 2 is 1.56 bits per heavy atom. The number of unbranched alkanes of at least 4 members (excludes halogenated alkanes) is 7. The molecule has 1 unspecified atom stereocenters. The van der Waals surface area contributed by atoms with Gasteiger partial charge in [0, 0.05) is 6.04 Å². The number of hydrogen-bond acceptors (Lipinski definition) is 1. The topological polar surface area (TPSA) is 29.1 Å². The van der Waals surface area contributed by atoms with E-state index in [1.807, 2.05) is 6.92 Å². The van der Waals surface area contributed by atoms with Crippen LogP contribution < -0.4 is 5.32 Å². The minimum Gasteiger partial charge on any atom is -0.345 e. The molecule has 0 saturated heterocycles. The van der Waals surface area contributed by atoms with Crippen LogP contribution in [0.15, 0.2) is 0 Å². The Labute approximate surface area is 106 Å². The van der Waals surface area contributed by atoms with Crippen LogP contribution in [0.4, 0.5) is 4.79 Å². The summed E-state index contributed by atoms with van der Waals surface area (Å²) in [6, 6.07) is 0.269. The molecule has 0 bridgehead atoms. The Bertz CT molecular complexity index is 173. The highest BCUT2D eigenvalue weighted by atomic mass is 32.1. The Morgan fingerprint density at radius 1 is 1.06 bits per heavy atom. The zero-order valence-electron chi connectivity index (χ0n) is 10.8. The summed E-state index contributed by atoms with van der Waals surface area (Å²) in [7, 11) is 0. The summed E-state index contributed by atoms with van der Waals surface area (Å²) in [5, 5.41) is 2.57. The van der Waals surface area contributed by atoms with Gasteiger partial charge in [-0.3, -0.25) is 4.79 Å². The maximum atomic E-state index is 10.6. The van der Waals surface area contributed by atoms with Gasteiger partial charge in [0.2, 0.25) is 0 Å². The SMILES string of the molecule is CCCCCCCCCCC(C)NC(=O)S. The van der Waals surface area contributed by atoms with E-state index in [9.17, 15) is 4.79 Å². The average Bonchev–Trinajstić information content (AvgIpc) is 2.21. The number of amides is 1. The first-order valence-corrected chi connectivity index (χ1v) is 7.11. The first-order valence-electron chi connectivity index (χ1n) is 6.66. The molecular weight excluding hydrogens is 218 g/mol. The van der Waals surface area contributed by atoms with Crippen LogP contribution in [0.2, 0.25) is 0 Å². The van der Waals surface area contributed by atoms with Gasteiger partial charge in [-0.1, -0.05) is 70.9 Å².